The number of rotatable bonds is 6. The van der Waals surface area contributed by atoms with Crippen LogP contribution in [0, 0.1) is 15.9 Å². The molecular formula is C19H13FN4O4S. The lowest BCUT2D eigenvalue weighted by Gasteiger charge is -2.05. The maximum Gasteiger partial charge on any atom is 0.270 e. The van der Waals surface area contributed by atoms with Crippen LogP contribution in [0.15, 0.2) is 59.0 Å². The smallest absolute Gasteiger partial charge is 0.270 e. The summed E-state index contributed by atoms with van der Waals surface area (Å²) in [6.45, 7) is 0.394. The van der Waals surface area contributed by atoms with E-state index in [1.165, 1.54) is 64.7 Å². The fourth-order valence-electron chi connectivity index (χ4n) is 2.71. The number of non-ortho nitro benzene ring substituents is 1. The first kappa shape index (κ1) is 18.7. The van der Waals surface area contributed by atoms with Crippen molar-refractivity contribution in [2.45, 2.75) is 13.2 Å². The number of benzene rings is 2. The van der Waals surface area contributed by atoms with Crippen LogP contribution in [0.2, 0.25) is 0 Å². The van der Waals surface area contributed by atoms with E-state index in [1.807, 2.05) is 0 Å². The molecular weight excluding hydrogens is 399 g/mol. The monoisotopic (exact) mass is 412 g/mol. The molecule has 4 rings (SSSR count). The Balaban J connectivity index is 1.51. The molecule has 0 aliphatic heterocycles. The summed E-state index contributed by atoms with van der Waals surface area (Å²) < 4.78 is 19.8. The Morgan fingerprint density at radius 1 is 1.21 bits per heavy atom. The summed E-state index contributed by atoms with van der Waals surface area (Å²) in [6.07, 6.45) is 1.39. The molecule has 0 saturated heterocycles. The number of aromatic nitrogens is 3. The molecule has 0 fully saturated rings. The van der Waals surface area contributed by atoms with Gasteiger partial charge in [-0.25, -0.2) is 14.4 Å². The highest BCUT2D eigenvalue weighted by molar-refractivity contribution is 7.09. The molecule has 0 radical (unpaired) electrons. The van der Waals surface area contributed by atoms with Gasteiger partial charge < -0.3 is 4.74 Å². The lowest BCUT2D eigenvalue weighted by molar-refractivity contribution is -0.384. The van der Waals surface area contributed by atoms with E-state index in [2.05, 4.69) is 9.97 Å². The van der Waals surface area contributed by atoms with Crippen molar-refractivity contribution in [3.05, 3.63) is 91.2 Å². The molecule has 0 aliphatic carbocycles. The number of fused-ring (bicyclic) bond motifs is 1. The fourth-order valence-corrected chi connectivity index (χ4v) is 3.41. The molecule has 0 saturated carbocycles. The summed E-state index contributed by atoms with van der Waals surface area (Å²) in [5.74, 6) is 0.188. The van der Waals surface area contributed by atoms with E-state index >= 15 is 0 Å². The topological polar surface area (TPSA) is 100 Å². The molecule has 10 heteroatoms. The number of halogens is 1. The second-order valence-corrected chi connectivity index (χ2v) is 7.05. The van der Waals surface area contributed by atoms with Crippen molar-refractivity contribution in [2.24, 2.45) is 0 Å². The number of nitro benzene ring substituents is 1. The van der Waals surface area contributed by atoms with Crippen molar-refractivity contribution in [1.29, 1.82) is 0 Å². The molecule has 29 heavy (non-hydrogen) atoms. The van der Waals surface area contributed by atoms with Crippen molar-refractivity contribution in [2.75, 3.05) is 0 Å². The van der Waals surface area contributed by atoms with Crippen LogP contribution in [0.4, 0.5) is 10.1 Å². The Labute approximate surface area is 167 Å². The SMILES string of the molecule is O=c1c2cc([N+](=O)[O-])ccc2ncn1Cc1csc(COc2ccc(F)cc2)n1. The minimum atomic E-state index is -0.552. The third-order valence-corrected chi connectivity index (χ3v) is 5.00. The van der Waals surface area contributed by atoms with E-state index in [9.17, 15) is 19.3 Å². The van der Waals surface area contributed by atoms with Gasteiger partial charge in [0, 0.05) is 17.5 Å². The van der Waals surface area contributed by atoms with E-state index < -0.39 is 4.92 Å². The van der Waals surface area contributed by atoms with E-state index in [0.717, 1.165) is 0 Å². The highest BCUT2D eigenvalue weighted by Crippen LogP contribution is 2.18. The quantitative estimate of drug-likeness (QED) is 0.355. The standard InChI is InChI=1S/C19H13FN4O4S/c20-12-1-4-15(5-2-12)28-9-18-22-13(10-29-18)8-23-11-21-17-6-3-14(24(26)27)7-16(17)19(23)25/h1-7,10-11H,8-9H2. The zero-order valence-electron chi connectivity index (χ0n) is 14.8. The van der Waals surface area contributed by atoms with Crippen LogP contribution in [0.1, 0.15) is 10.7 Å². The maximum atomic E-state index is 12.9. The summed E-state index contributed by atoms with van der Waals surface area (Å²) >= 11 is 1.37. The molecule has 0 bridgehead atoms. The van der Waals surface area contributed by atoms with Crippen molar-refractivity contribution < 1.29 is 14.1 Å². The summed E-state index contributed by atoms with van der Waals surface area (Å²) in [4.78, 5) is 31.7. The average Bonchev–Trinajstić information content (AvgIpc) is 3.17. The molecule has 146 valence electrons. The zero-order valence-corrected chi connectivity index (χ0v) is 15.6. The number of ether oxygens (including phenoxy) is 1. The molecule has 0 atom stereocenters. The first-order valence-electron chi connectivity index (χ1n) is 8.45. The predicted molar refractivity (Wildman–Crippen MR) is 105 cm³/mol. The van der Waals surface area contributed by atoms with E-state index in [1.54, 1.807) is 5.38 Å². The van der Waals surface area contributed by atoms with Gasteiger partial charge in [0.15, 0.2) is 0 Å². The Morgan fingerprint density at radius 3 is 2.76 bits per heavy atom. The second-order valence-electron chi connectivity index (χ2n) is 6.11. The number of hydrogen-bond donors (Lipinski definition) is 0. The van der Waals surface area contributed by atoms with Gasteiger partial charge in [-0.3, -0.25) is 19.5 Å². The van der Waals surface area contributed by atoms with Crippen LogP contribution < -0.4 is 10.3 Å². The van der Waals surface area contributed by atoms with Gasteiger partial charge in [-0.2, -0.15) is 0 Å². The van der Waals surface area contributed by atoms with Crippen molar-refractivity contribution in [1.82, 2.24) is 14.5 Å². The van der Waals surface area contributed by atoms with Crippen LogP contribution in [-0.2, 0) is 13.2 Å². The van der Waals surface area contributed by atoms with Crippen molar-refractivity contribution >= 4 is 27.9 Å². The highest BCUT2D eigenvalue weighted by atomic mass is 32.1. The average molecular weight is 412 g/mol. The fraction of sp³-hybridized carbons (Fsp3) is 0.105. The van der Waals surface area contributed by atoms with Gasteiger partial charge in [0.25, 0.3) is 11.2 Å². The van der Waals surface area contributed by atoms with Crippen molar-refractivity contribution in [3.8, 4) is 5.75 Å². The van der Waals surface area contributed by atoms with Crippen LogP contribution >= 0.6 is 11.3 Å². The Kier molecular flexibility index (Phi) is 5.00. The van der Waals surface area contributed by atoms with E-state index in [4.69, 9.17) is 4.74 Å². The normalized spacial score (nSPS) is 10.9. The lowest BCUT2D eigenvalue weighted by atomic mass is 10.2. The first-order chi connectivity index (χ1) is 14.0. The minimum Gasteiger partial charge on any atom is -0.486 e. The van der Waals surface area contributed by atoms with E-state index in [0.29, 0.717) is 22.0 Å². The summed E-state index contributed by atoms with van der Waals surface area (Å²) in [5, 5.41) is 13.6. The number of nitro groups is 1. The molecule has 0 spiro atoms. The largest absolute Gasteiger partial charge is 0.486 e. The maximum absolute atomic E-state index is 12.9. The first-order valence-corrected chi connectivity index (χ1v) is 9.33. The molecule has 2 aromatic carbocycles. The molecule has 2 heterocycles. The van der Waals surface area contributed by atoms with Gasteiger partial charge in [0.2, 0.25) is 0 Å². The Bertz CT molecular complexity index is 1250. The van der Waals surface area contributed by atoms with Gasteiger partial charge in [-0.1, -0.05) is 0 Å². The molecule has 4 aromatic rings. The molecule has 8 nitrogen and oxygen atoms in total. The highest BCUT2D eigenvalue weighted by Gasteiger charge is 2.12. The summed E-state index contributed by atoms with van der Waals surface area (Å²) in [5.41, 5.74) is 0.490. The van der Waals surface area contributed by atoms with Gasteiger partial charge >= 0.3 is 0 Å². The van der Waals surface area contributed by atoms with Crippen LogP contribution in [0.5, 0.6) is 5.75 Å². The molecule has 0 aliphatic rings. The molecule has 0 N–H and O–H groups in total. The van der Waals surface area contributed by atoms with Gasteiger partial charge in [0.1, 0.15) is 23.2 Å². The lowest BCUT2D eigenvalue weighted by Crippen LogP contribution is -2.21. The Morgan fingerprint density at radius 2 is 2.00 bits per heavy atom. The van der Waals surface area contributed by atoms with Crippen molar-refractivity contribution in [3.63, 3.8) is 0 Å². The zero-order chi connectivity index (χ0) is 20.4. The van der Waals surface area contributed by atoms with Crippen LogP contribution in [-0.4, -0.2) is 19.5 Å². The molecule has 2 aromatic heterocycles. The second kappa shape index (κ2) is 7.76. The van der Waals surface area contributed by atoms with Crippen LogP contribution in [0.25, 0.3) is 10.9 Å². The number of thiazole rings is 1. The van der Waals surface area contributed by atoms with Gasteiger partial charge in [0.05, 0.1) is 34.4 Å². The Hall–Kier alpha value is -3.66. The number of hydrogen-bond acceptors (Lipinski definition) is 7. The summed E-state index contributed by atoms with van der Waals surface area (Å²) in [7, 11) is 0. The van der Waals surface area contributed by atoms with Gasteiger partial charge in [-0.05, 0) is 30.3 Å². The van der Waals surface area contributed by atoms with Crippen LogP contribution in [0.3, 0.4) is 0 Å². The molecule has 0 unspecified atom stereocenters. The predicted octanol–water partition coefficient (Wildman–Crippen LogP) is 3.53. The minimum absolute atomic E-state index is 0.164. The third-order valence-electron chi connectivity index (χ3n) is 4.13. The van der Waals surface area contributed by atoms with E-state index in [-0.39, 0.29) is 35.6 Å². The third kappa shape index (κ3) is 4.11. The van der Waals surface area contributed by atoms with Gasteiger partial charge in [-0.15, -0.1) is 11.3 Å². The number of nitrogens with zero attached hydrogens (tertiary/aromatic N) is 4. The molecule has 0 amide bonds. The summed E-state index contributed by atoms with van der Waals surface area (Å²) in [6, 6.07) is 9.68.